The van der Waals surface area contributed by atoms with E-state index in [1.807, 2.05) is 12.1 Å². The number of hydrogen-bond donors (Lipinski definition) is 0. The summed E-state index contributed by atoms with van der Waals surface area (Å²) >= 11 is 0. The topological polar surface area (TPSA) is 43.2 Å². The molecule has 2 atom stereocenters. The number of methoxy groups -OCH3 is 2. The second kappa shape index (κ2) is 12.5. The summed E-state index contributed by atoms with van der Waals surface area (Å²) in [5.74, 6) is 0. The molecule has 0 aromatic heterocycles. The van der Waals surface area contributed by atoms with Crippen molar-refractivity contribution in [3.63, 3.8) is 0 Å². The zero-order valence-corrected chi connectivity index (χ0v) is 19.0. The van der Waals surface area contributed by atoms with Crippen LogP contribution in [0.2, 0.25) is 0 Å². The van der Waals surface area contributed by atoms with E-state index in [0.717, 1.165) is 25.7 Å². The molecule has 0 amide bonds. The molecule has 31 heavy (non-hydrogen) atoms. The summed E-state index contributed by atoms with van der Waals surface area (Å²) in [5, 5.41) is 0. The van der Waals surface area contributed by atoms with Gasteiger partial charge in [0.05, 0.1) is 25.3 Å². The Labute approximate surface area is 187 Å². The number of aliphatic imine (C=N–C) groups is 2. The highest BCUT2D eigenvalue weighted by molar-refractivity contribution is 5.89. The molecule has 1 aliphatic carbocycles. The first-order valence-electron chi connectivity index (χ1n) is 11.4. The lowest BCUT2D eigenvalue weighted by Crippen LogP contribution is -2.26. The van der Waals surface area contributed by atoms with Crippen LogP contribution < -0.4 is 0 Å². The van der Waals surface area contributed by atoms with E-state index in [1.54, 1.807) is 14.2 Å². The van der Waals surface area contributed by atoms with Gasteiger partial charge in [-0.15, -0.1) is 0 Å². The summed E-state index contributed by atoms with van der Waals surface area (Å²) in [6.45, 7) is 1.25. The lowest BCUT2D eigenvalue weighted by atomic mass is 9.89. The van der Waals surface area contributed by atoms with Crippen molar-refractivity contribution in [2.24, 2.45) is 15.4 Å². The van der Waals surface area contributed by atoms with Crippen molar-refractivity contribution in [1.82, 2.24) is 0 Å². The van der Waals surface area contributed by atoms with Crippen LogP contribution in [0.15, 0.2) is 70.6 Å². The van der Waals surface area contributed by atoms with Crippen molar-refractivity contribution in [2.75, 3.05) is 27.4 Å². The van der Waals surface area contributed by atoms with E-state index in [4.69, 9.17) is 19.5 Å². The largest absolute Gasteiger partial charge is 0.382 e. The maximum absolute atomic E-state index is 5.46. The Morgan fingerprint density at radius 1 is 0.742 bits per heavy atom. The second-order valence-electron chi connectivity index (χ2n) is 8.59. The normalized spacial score (nSPS) is 18.0. The van der Waals surface area contributed by atoms with Gasteiger partial charge in [0.1, 0.15) is 0 Å². The number of benzene rings is 2. The molecule has 0 bridgehead atoms. The number of rotatable bonds is 12. The van der Waals surface area contributed by atoms with Crippen molar-refractivity contribution in [1.29, 1.82) is 0 Å². The van der Waals surface area contributed by atoms with Gasteiger partial charge < -0.3 is 9.47 Å². The van der Waals surface area contributed by atoms with Gasteiger partial charge in [-0.2, -0.15) is 0 Å². The zero-order valence-electron chi connectivity index (χ0n) is 19.0. The Kier molecular flexibility index (Phi) is 9.44. The fourth-order valence-corrected chi connectivity index (χ4v) is 4.30. The molecular weight excluding hydrogens is 384 g/mol. The summed E-state index contributed by atoms with van der Waals surface area (Å²) in [6, 6.07) is 21.3. The van der Waals surface area contributed by atoms with E-state index < -0.39 is 0 Å². The van der Waals surface area contributed by atoms with Crippen LogP contribution >= 0.6 is 0 Å². The molecule has 0 saturated heterocycles. The Morgan fingerprint density at radius 3 is 1.55 bits per heavy atom. The molecule has 1 fully saturated rings. The van der Waals surface area contributed by atoms with E-state index in [2.05, 4.69) is 61.0 Å². The van der Waals surface area contributed by atoms with Gasteiger partial charge in [0.25, 0.3) is 0 Å². The first kappa shape index (κ1) is 23.4. The van der Waals surface area contributed by atoms with Crippen molar-refractivity contribution in [2.45, 2.75) is 50.6 Å². The lowest BCUT2D eigenvalue weighted by molar-refractivity contribution is 0.180. The maximum atomic E-state index is 5.46. The third-order valence-corrected chi connectivity index (χ3v) is 5.97. The summed E-state index contributed by atoms with van der Waals surface area (Å²) in [4.78, 5) is 10.00. The Hall–Kier alpha value is -2.30. The standard InChI is InChI=1S/C27H36N2O2/c1-30-19-25(17-23-11-5-3-6-12-23)28-21-27(15-9-10-16-27)22-29-26(20-31-2)18-24-13-7-4-8-14-24/h3-8,11-14,21-22,25-26H,9-10,15-20H2,1-2H3/t25-,26-/m0/s1. The summed E-state index contributed by atoms with van der Waals surface area (Å²) in [7, 11) is 3.50. The molecular formula is C27H36N2O2. The number of nitrogens with zero attached hydrogens (tertiary/aromatic N) is 2. The smallest absolute Gasteiger partial charge is 0.0769 e. The van der Waals surface area contributed by atoms with Gasteiger partial charge in [0, 0.05) is 32.1 Å². The minimum atomic E-state index is -0.0502. The third kappa shape index (κ3) is 7.71. The van der Waals surface area contributed by atoms with Gasteiger partial charge in [-0.25, -0.2) is 0 Å². The van der Waals surface area contributed by atoms with E-state index in [9.17, 15) is 0 Å². The molecule has 2 aromatic rings. The molecule has 0 radical (unpaired) electrons. The minimum Gasteiger partial charge on any atom is -0.382 e. The number of hydrogen-bond acceptors (Lipinski definition) is 4. The first-order chi connectivity index (χ1) is 15.2. The van der Waals surface area contributed by atoms with E-state index >= 15 is 0 Å². The molecule has 0 N–H and O–H groups in total. The van der Waals surface area contributed by atoms with E-state index in [0.29, 0.717) is 13.2 Å². The lowest BCUT2D eigenvalue weighted by Gasteiger charge is -2.22. The molecule has 166 valence electrons. The molecule has 2 aromatic carbocycles. The highest BCUT2D eigenvalue weighted by Crippen LogP contribution is 2.35. The van der Waals surface area contributed by atoms with E-state index in [1.165, 1.54) is 24.0 Å². The predicted octanol–water partition coefficient (Wildman–Crippen LogP) is 5.20. The highest BCUT2D eigenvalue weighted by Gasteiger charge is 2.31. The molecule has 0 heterocycles. The number of ether oxygens (including phenoxy) is 2. The van der Waals surface area contributed by atoms with Crippen LogP contribution in [0.1, 0.15) is 36.8 Å². The van der Waals surface area contributed by atoms with Crippen molar-refractivity contribution < 1.29 is 9.47 Å². The summed E-state index contributed by atoms with van der Waals surface area (Å²) in [5.41, 5.74) is 2.53. The van der Waals surface area contributed by atoms with Gasteiger partial charge in [0.15, 0.2) is 0 Å². The van der Waals surface area contributed by atoms with Crippen LogP contribution in [0.4, 0.5) is 0 Å². The van der Waals surface area contributed by atoms with Gasteiger partial charge in [-0.1, -0.05) is 73.5 Å². The van der Waals surface area contributed by atoms with Gasteiger partial charge in [0.2, 0.25) is 0 Å². The average molecular weight is 421 g/mol. The SMILES string of the molecule is COC[C@H](Cc1ccccc1)N=CC1(C=N[C@H](COC)Cc2ccccc2)CCCC1. The van der Waals surface area contributed by atoms with Gasteiger partial charge >= 0.3 is 0 Å². The molecule has 4 nitrogen and oxygen atoms in total. The quantitative estimate of drug-likeness (QED) is 0.443. The fourth-order valence-electron chi connectivity index (χ4n) is 4.30. The Balaban J connectivity index is 1.71. The first-order valence-corrected chi connectivity index (χ1v) is 11.4. The van der Waals surface area contributed by atoms with Crippen LogP contribution in [0.3, 0.4) is 0 Å². The molecule has 0 aliphatic heterocycles. The molecule has 4 heteroatoms. The average Bonchev–Trinajstić information content (AvgIpc) is 3.27. The van der Waals surface area contributed by atoms with E-state index in [-0.39, 0.29) is 17.5 Å². The Morgan fingerprint density at radius 2 is 1.16 bits per heavy atom. The maximum Gasteiger partial charge on any atom is 0.0769 e. The van der Waals surface area contributed by atoms with Crippen LogP contribution in [-0.4, -0.2) is 51.9 Å². The van der Waals surface area contributed by atoms with Crippen molar-refractivity contribution >= 4 is 12.4 Å². The fraction of sp³-hybridized carbons (Fsp3) is 0.481. The summed E-state index contributed by atoms with van der Waals surface area (Å²) in [6.07, 6.45) is 10.8. The molecule has 1 saturated carbocycles. The zero-order chi connectivity index (χ0) is 21.8. The Bertz CT molecular complexity index is 735. The van der Waals surface area contributed by atoms with Crippen LogP contribution in [0.25, 0.3) is 0 Å². The minimum absolute atomic E-state index is 0.0502. The second-order valence-corrected chi connectivity index (χ2v) is 8.59. The van der Waals surface area contributed by atoms with Crippen LogP contribution in [0, 0.1) is 5.41 Å². The predicted molar refractivity (Wildman–Crippen MR) is 130 cm³/mol. The molecule has 0 spiro atoms. The van der Waals surface area contributed by atoms with Crippen molar-refractivity contribution in [3.05, 3.63) is 71.8 Å². The molecule has 3 rings (SSSR count). The van der Waals surface area contributed by atoms with Gasteiger partial charge in [-0.3, -0.25) is 9.98 Å². The highest BCUT2D eigenvalue weighted by atomic mass is 16.5. The third-order valence-electron chi connectivity index (χ3n) is 5.97. The monoisotopic (exact) mass is 420 g/mol. The molecule has 1 aliphatic rings. The van der Waals surface area contributed by atoms with Crippen molar-refractivity contribution in [3.8, 4) is 0 Å². The summed E-state index contributed by atoms with van der Waals surface area (Å²) < 4.78 is 10.9. The van der Waals surface area contributed by atoms with Crippen LogP contribution in [0.5, 0.6) is 0 Å². The van der Waals surface area contributed by atoms with Gasteiger partial charge in [-0.05, 0) is 36.8 Å². The molecule has 0 unspecified atom stereocenters. The van der Waals surface area contributed by atoms with Crippen LogP contribution in [-0.2, 0) is 22.3 Å².